The highest BCUT2D eigenvalue weighted by atomic mass is 32.2. The first-order valence-electron chi connectivity index (χ1n) is 7.18. The average molecular weight is 327 g/mol. The molecule has 0 aliphatic rings. The molecule has 1 aromatic heterocycles. The van der Waals surface area contributed by atoms with Crippen LogP contribution in [-0.4, -0.2) is 29.6 Å². The lowest BCUT2D eigenvalue weighted by Crippen LogP contribution is -2.26. The van der Waals surface area contributed by atoms with Crippen LogP contribution in [0.3, 0.4) is 0 Å². The number of aromatic nitrogens is 2. The van der Waals surface area contributed by atoms with Crippen molar-refractivity contribution >= 4 is 10.0 Å². The largest absolute Gasteiger partial charge is 0.243 e. The summed E-state index contributed by atoms with van der Waals surface area (Å²) < 4.78 is 28.1. The second-order valence-electron chi connectivity index (χ2n) is 5.20. The smallest absolute Gasteiger partial charge is 0.241 e. The van der Waals surface area contributed by atoms with Gasteiger partial charge in [0, 0.05) is 25.4 Å². The van der Waals surface area contributed by atoms with Gasteiger partial charge in [0.1, 0.15) is 0 Å². The Labute approximate surface area is 135 Å². The Bertz CT molecular complexity index is 874. The predicted octanol–water partition coefficient (Wildman–Crippen LogP) is 2.69. The molecule has 0 unspecified atom stereocenters. The van der Waals surface area contributed by atoms with E-state index in [9.17, 15) is 8.42 Å². The highest BCUT2D eigenvalue weighted by molar-refractivity contribution is 7.89. The standard InChI is InChI=1S/C17H17N3O2S/c1-19(23(21,22)17-10-6-3-7-11-17)13-15-12-18-20(14-15)16-8-4-2-5-9-16/h2-12,14H,13H2,1H3. The molecule has 1 heterocycles. The van der Waals surface area contributed by atoms with Crippen molar-refractivity contribution in [1.29, 1.82) is 0 Å². The fourth-order valence-electron chi connectivity index (χ4n) is 2.28. The maximum absolute atomic E-state index is 12.5. The van der Waals surface area contributed by atoms with Crippen LogP contribution in [0.15, 0.2) is 78.0 Å². The van der Waals surface area contributed by atoms with Crippen LogP contribution in [0.4, 0.5) is 0 Å². The van der Waals surface area contributed by atoms with Crippen LogP contribution < -0.4 is 0 Å². The average Bonchev–Trinajstić information content (AvgIpc) is 3.05. The molecule has 0 saturated carbocycles. The van der Waals surface area contributed by atoms with Crippen molar-refractivity contribution in [2.75, 3.05) is 7.05 Å². The van der Waals surface area contributed by atoms with Gasteiger partial charge in [0.05, 0.1) is 16.8 Å². The van der Waals surface area contributed by atoms with Crippen molar-refractivity contribution in [1.82, 2.24) is 14.1 Å². The molecule has 0 aliphatic heterocycles. The van der Waals surface area contributed by atoms with E-state index in [0.717, 1.165) is 11.3 Å². The van der Waals surface area contributed by atoms with Gasteiger partial charge < -0.3 is 0 Å². The lowest BCUT2D eigenvalue weighted by atomic mass is 10.3. The Morgan fingerprint density at radius 3 is 2.26 bits per heavy atom. The van der Waals surface area contributed by atoms with Crippen LogP contribution >= 0.6 is 0 Å². The molecule has 0 bridgehead atoms. The van der Waals surface area contributed by atoms with Crippen molar-refractivity contribution < 1.29 is 8.42 Å². The number of benzene rings is 2. The summed E-state index contributed by atoms with van der Waals surface area (Å²) in [6.45, 7) is 0.268. The molecular formula is C17H17N3O2S. The van der Waals surface area contributed by atoms with E-state index in [0.29, 0.717) is 0 Å². The van der Waals surface area contributed by atoms with Crippen molar-refractivity contribution in [3.05, 3.63) is 78.6 Å². The van der Waals surface area contributed by atoms with Gasteiger partial charge in [-0.15, -0.1) is 0 Å². The van der Waals surface area contributed by atoms with E-state index in [1.165, 1.54) is 4.31 Å². The first kappa shape index (κ1) is 15.5. The molecule has 6 heteroatoms. The molecule has 3 rings (SSSR count). The quantitative estimate of drug-likeness (QED) is 0.724. The third-order valence-electron chi connectivity index (χ3n) is 3.51. The molecule has 0 fully saturated rings. The fraction of sp³-hybridized carbons (Fsp3) is 0.118. The number of hydrogen-bond acceptors (Lipinski definition) is 3. The van der Waals surface area contributed by atoms with Crippen molar-refractivity contribution in [2.24, 2.45) is 0 Å². The molecule has 0 radical (unpaired) electrons. The van der Waals surface area contributed by atoms with E-state index < -0.39 is 10.0 Å². The minimum atomic E-state index is -3.50. The zero-order chi connectivity index (χ0) is 16.3. The summed E-state index contributed by atoms with van der Waals surface area (Å²) in [6, 6.07) is 18.1. The molecule has 0 N–H and O–H groups in total. The SMILES string of the molecule is CN(Cc1cnn(-c2ccccc2)c1)S(=O)(=O)c1ccccc1. The zero-order valence-corrected chi connectivity index (χ0v) is 13.5. The number of hydrogen-bond donors (Lipinski definition) is 0. The van der Waals surface area contributed by atoms with Crippen molar-refractivity contribution in [3.8, 4) is 5.69 Å². The minimum Gasteiger partial charge on any atom is -0.241 e. The van der Waals surface area contributed by atoms with E-state index in [4.69, 9.17) is 0 Å². The lowest BCUT2D eigenvalue weighted by Gasteiger charge is -2.16. The summed E-state index contributed by atoms with van der Waals surface area (Å²) in [4.78, 5) is 0.290. The maximum atomic E-state index is 12.5. The summed E-state index contributed by atoms with van der Waals surface area (Å²) in [6.07, 6.45) is 3.52. The Kier molecular flexibility index (Phi) is 4.27. The fourth-order valence-corrected chi connectivity index (χ4v) is 3.46. The minimum absolute atomic E-state index is 0.268. The Morgan fingerprint density at radius 2 is 1.61 bits per heavy atom. The van der Waals surface area contributed by atoms with Gasteiger partial charge in [-0.25, -0.2) is 13.1 Å². The molecule has 0 spiro atoms. The van der Waals surface area contributed by atoms with E-state index in [-0.39, 0.29) is 11.4 Å². The molecule has 3 aromatic rings. The molecule has 0 saturated heterocycles. The molecule has 118 valence electrons. The monoisotopic (exact) mass is 327 g/mol. The summed E-state index contributed by atoms with van der Waals surface area (Å²) in [5.74, 6) is 0. The first-order valence-corrected chi connectivity index (χ1v) is 8.62. The molecular weight excluding hydrogens is 310 g/mol. The number of rotatable bonds is 5. The van der Waals surface area contributed by atoms with Crippen LogP contribution in [-0.2, 0) is 16.6 Å². The van der Waals surface area contributed by atoms with Gasteiger partial charge in [-0.05, 0) is 24.3 Å². The van der Waals surface area contributed by atoms with Gasteiger partial charge in [0.25, 0.3) is 0 Å². The predicted molar refractivity (Wildman–Crippen MR) is 88.7 cm³/mol. The Balaban J connectivity index is 1.79. The van der Waals surface area contributed by atoms with E-state index in [2.05, 4.69) is 5.10 Å². The maximum Gasteiger partial charge on any atom is 0.243 e. The van der Waals surface area contributed by atoms with Gasteiger partial charge in [0.15, 0.2) is 0 Å². The van der Waals surface area contributed by atoms with Crippen LogP contribution in [0, 0.1) is 0 Å². The van der Waals surface area contributed by atoms with Crippen LogP contribution in [0.2, 0.25) is 0 Å². The van der Waals surface area contributed by atoms with E-state index in [1.807, 2.05) is 36.5 Å². The van der Waals surface area contributed by atoms with Gasteiger partial charge in [0.2, 0.25) is 10.0 Å². The number of nitrogens with zero attached hydrogens (tertiary/aromatic N) is 3. The molecule has 2 aromatic carbocycles. The van der Waals surface area contributed by atoms with Crippen molar-refractivity contribution in [2.45, 2.75) is 11.4 Å². The normalized spacial score (nSPS) is 11.7. The second-order valence-corrected chi connectivity index (χ2v) is 7.25. The van der Waals surface area contributed by atoms with Crippen molar-refractivity contribution in [3.63, 3.8) is 0 Å². The van der Waals surface area contributed by atoms with Crippen LogP contribution in [0.1, 0.15) is 5.56 Å². The third-order valence-corrected chi connectivity index (χ3v) is 5.33. The van der Waals surface area contributed by atoms with Gasteiger partial charge >= 0.3 is 0 Å². The molecule has 0 aliphatic carbocycles. The van der Waals surface area contributed by atoms with Gasteiger partial charge in [-0.1, -0.05) is 36.4 Å². The van der Waals surface area contributed by atoms with Crippen LogP contribution in [0.5, 0.6) is 0 Å². The summed E-state index contributed by atoms with van der Waals surface area (Å²) >= 11 is 0. The Hall–Kier alpha value is -2.44. The zero-order valence-electron chi connectivity index (χ0n) is 12.7. The summed E-state index contributed by atoms with van der Waals surface area (Å²) in [5.41, 5.74) is 1.77. The van der Waals surface area contributed by atoms with Gasteiger partial charge in [-0.2, -0.15) is 9.40 Å². The molecule has 5 nitrogen and oxygen atoms in total. The lowest BCUT2D eigenvalue weighted by molar-refractivity contribution is 0.466. The number of sulfonamides is 1. The highest BCUT2D eigenvalue weighted by Crippen LogP contribution is 2.16. The van der Waals surface area contributed by atoms with E-state index in [1.54, 1.807) is 48.3 Å². The number of para-hydroxylation sites is 1. The highest BCUT2D eigenvalue weighted by Gasteiger charge is 2.20. The summed E-state index contributed by atoms with van der Waals surface area (Å²) in [7, 11) is -1.92. The summed E-state index contributed by atoms with van der Waals surface area (Å²) in [5, 5.41) is 4.29. The molecule has 0 amide bonds. The Morgan fingerprint density at radius 1 is 1.00 bits per heavy atom. The molecule has 0 atom stereocenters. The first-order chi connectivity index (χ1) is 11.1. The van der Waals surface area contributed by atoms with Crippen LogP contribution in [0.25, 0.3) is 5.69 Å². The second kappa shape index (κ2) is 6.36. The van der Waals surface area contributed by atoms with Gasteiger partial charge in [-0.3, -0.25) is 0 Å². The molecule has 23 heavy (non-hydrogen) atoms. The topological polar surface area (TPSA) is 55.2 Å². The third kappa shape index (κ3) is 3.33. The van der Waals surface area contributed by atoms with E-state index >= 15 is 0 Å².